The zero-order chi connectivity index (χ0) is 14.0. The van der Waals surface area contributed by atoms with E-state index in [0.717, 1.165) is 5.56 Å². The first-order valence-corrected chi connectivity index (χ1v) is 6.30. The predicted octanol–water partition coefficient (Wildman–Crippen LogP) is 4.29. The third-order valence-electron chi connectivity index (χ3n) is 2.57. The summed E-state index contributed by atoms with van der Waals surface area (Å²) in [4.78, 5) is 11.9. The van der Waals surface area contributed by atoms with Gasteiger partial charge in [-0.3, -0.25) is 4.79 Å². The molecule has 2 rings (SSSR count). The summed E-state index contributed by atoms with van der Waals surface area (Å²) in [6.07, 6.45) is 0. The van der Waals surface area contributed by atoms with Crippen molar-refractivity contribution in [3.8, 4) is 0 Å². The SMILES string of the molecule is Cc1ccc(NC(=O)c2cccc(F)c2Br)c(F)c1. The Balaban J connectivity index is 2.28. The van der Waals surface area contributed by atoms with E-state index in [-0.39, 0.29) is 15.7 Å². The Hall–Kier alpha value is -1.75. The quantitative estimate of drug-likeness (QED) is 0.876. The molecule has 0 spiro atoms. The van der Waals surface area contributed by atoms with Crippen molar-refractivity contribution in [2.75, 3.05) is 5.32 Å². The third-order valence-corrected chi connectivity index (χ3v) is 3.37. The largest absolute Gasteiger partial charge is 0.319 e. The van der Waals surface area contributed by atoms with E-state index in [1.807, 2.05) is 0 Å². The molecule has 1 amide bonds. The van der Waals surface area contributed by atoms with Crippen molar-refractivity contribution in [1.29, 1.82) is 0 Å². The average Bonchev–Trinajstić information content (AvgIpc) is 2.36. The molecule has 0 aliphatic heterocycles. The van der Waals surface area contributed by atoms with E-state index in [0.29, 0.717) is 0 Å². The highest BCUT2D eigenvalue weighted by atomic mass is 79.9. The Morgan fingerprint density at radius 2 is 1.89 bits per heavy atom. The van der Waals surface area contributed by atoms with Gasteiger partial charge in [0.2, 0.25) is 0 Å². The van der Waals surface area contributed by atoms with Gasteiger partial charge in [-0.05, 0) is 52.7 Å². The number of benzene rings is 2. The molecule has 0 fully saturated rings. The zero-order valence-corrected chi connectivity index (χ0v) is 11.6. The van der Waals surface area contributed by atoms with Gasteiger partial charge in [0.25, 0.3) is 5.91 Å². The summed E-state index contributed by atoms with van der Waals surface area (Å²) in [5, 5.41) is 2.41. The van der Waals surface area contributed by atoms with Gasteiger partial charge in [-0.25, -0.2) is 8.78 Å². The van der Waals surface area contributed by atoms with E-state index in [1.165, 1.54) is 30.3 Å². The lowest BCUT2D eigenvalue weighted by Gasteiger charge is -2.08. The first-order chi connectivity index (χ1) is 8.99. The number of carbonyl (C=O) groups excluding carboxylic acids is 1. The number of rotatable bonds is 2. The molecule has 98 valence electrons. The van der Waals surface area contributed by atoms with Crippen molar-refractivity contribution in [3.05, 3.63) is 63.6 Å². The second kappa shape index (κ2) is 5.48. The fourth-order valence-electron chi connectivity index (χ4n) is 1.59. The second-order valence-corrected chi connectivity index (χ2v) is 4.83. The van der Waals surface area contributed by atoms with Gasteiger partial charge in [0, 0.05) is 0 Å². The zero-order valence-electron chi connectivity index (χ0n) is 10.0. The minimum Gasteiger partial charge on any atom is -0.319 e. The summed E-state index contributed by atoms with van der Waals surface area (Å²) >= 11 is 2.99. The molecular weight excluding hydrogens is 316 g/mol. The molecule has 0 aromatic heterocycles. The number of nitrogens with one attached hydrogen (secondary N) is 1. The van der Waals surface area contributed by atoms with Crippen molar-refractivity contribution < 1.29 is 13.6 Å². The number of aryl methyl sites for hydroxylation is 1. The van der Waals surface area contributed by atoms with Crippen LogP contribution in [0.25, 0.3) is 0 Å². The topological polar surface area (TPSA) is 29.1 Å². The maximum Gasteiger partial charge on any atom is 0.256 e. The van der Waals surface area contributed by atoms with Crippen LogP contribution in [0.3, 0.4) is 0 Å². The number of hydrogen-bond acceptors (Lipinski definition) is 1. The van der Waals surface area contributed by atoms with Crippen LogP contribution in [-0.4, -0.2) is 5.91 Å². The molecular formula is C14H10BrF2NO. The molecule has 0 aliphatic carbocycles. The smallest absolute Gasteiger partial charge is 0.256 e. The summed E-state index contributed by atoms with van der Waals surface area (Å²) in [5.41, 5.74) is 0.925. The van der Waals surface area contributed by atoms with E-state index < -0.39 is 17.5 Å². The fourth-order valence-corrected chi connectivity index (χ4v) is 2.03. The van der Waals surface area contributed by atoms with Gasteiger partial charge in [0.1, 0.15) is 11.6 Å². The third kappa shape index (κ3) is 2.98. The van der Waals surface area contributed by atoms with Gasteiger partial charge < -0.3 is 5.32 Å². The molecule has 0 saturated heterocycles. The molecule has 2 nitrogen and oxygen atoms in total. The van der Waals surface area contributed by atoms with E-state index in [1.54, 1.807) is 13.0 Å². The number of anilines is 1. The van der Waals surface area contributed by atoms with Gasteiger partial charge in [0.05, 0.1) is 15.7 Å². The molecule has 0 aliphatic rings. The molecule has 2 aromatic carbocycles. The summed E-state index contributed by atoms with van der Waals surface area (Å²) in [5.74, 6) is -1.65. The van der Waals surface area contributed by atoms with E-state index in [2.05, 4.69) is 21.2 Å². The van der Waals surface area contributed by atoms with Crippen LogP contribution in [0, 0.1) is 18.6 Å². The van der Waals surface area contributed by atoms with Crippen LogP contribution < -0.4 is 5.32 Å². The van der Waals surface area contributed by atoms with E-state index in [4.69, 9.17) is 0 Å². The Labute approximate surface area is 117 Å². The maximum absolute atomic E-state index is 13.6. The van der Waals surface area contributed by atoms with Crippen molar-refractivity contribution in [1.82, 2.24) is 0 Å². The molecule has 1 N–H and O–H groups in total. The van der Waals surface area contributed by atoms with Gasteiger partial charge >= 0.3 is 0 Å². The van der Waals surface area contributed by atoms with Crippen LogP contribution in [0.4, 0.5) is 14.5 Å². The first kappa shape index (κ1) is 13.7. The van der Waals surface area contributed by atoms with Crippen LogP contribution in [0.5, 0.6) is 0 Å². The Morgan fingerprint density at radius 1 is 1.16 bits per heavy atom. The highest BCUT2D eigenvalue weighted by Gasteiger charge is 2.14. The Morgan fingerprint density at radius 3 is 2.58 bits per heavy atom. The van der Waals surface area contributed by atoms with Crippen molar-refractivity contribution in [2.45, 2.75) is 6.92 Å². The van der Waals surface area contributed by atoms with Crippen molar-refractivity contribution in [2.24, 2.45) is 0 Å². The normalized spacial score (nSPS) is 10.3. The summed E-state index contributed by atoms with van der Waals surface area (Å²) < 4.78 is 27.0. The van der Waals surface area contributed by atoms with E-state index >= 15 is 0 Å². The molecule has 5 heteroatoms. The summed E-state index contributed by atoms with van der Waals surface area (Å²) in [6, 6.07) is 8.56. The Kier molecular flexibility index (Phi) is 3.95. The molecule has 0 radical (unpaired) electrons. The van der Waals surface area contributed by atoms with Crippen LogP contribution in [-0.2, 0) is 0 Å². The standard InChI is InChI=1S/C14H10BrF2NO/c1-8-5-6-12(11(17)7-8)18-14(19)9-3-2-4-10(16)13(9)15/h2-7H,1H3,(H,18,19). The van der Waals surface area contributed by atoms with Gasteiger partial charge in [0.15, 0.2) is 0 Å². The molecule has 0 unspecified atom stereocenters. The Bertz CT molecular complexity index is 643. The number of amides is 1. The van der Waals surface area contributed by atoms with Crippen molar-refractivity contribution in [3.63, 3.8) is 0 Å². The maximum atomic E-state index is 13.6. The van der Waals surface area contributed by atoms with Crippen LogP contribution in [0.2, 0.25) is 0 Å². The minimum atomic E-state index is -0.575. The van der Waals surface area contributed by atoms with Crippen molar-refractivity contribution >= 4 is 27.5 Å². The highest BCUT2D eigenvalue weighted by molar-refractivity contribution is 9.10. The lowest BCUT2D eigenvalue weighted by molar-refractivity contribution is 0.102. The number of carbonyl (C=O) groups is 1. The molecule has 0 heterocycles. The second-order valence-electron chi connectivity index (χ2n) is 4.04. The lowest BCUT2D eigenvalue weighted by Crippen LogP contribution is -2.14. The predicted molar refractivity (Wildman–Crippen MR) is 73.2 cm³/mol. The molecule has 0 atom stereocenters. The summed E-state index contributed by atoms with van der Waals surface area (Å²) in [7, 11) is 0. The lowest BCUT2D eigenvalue weighted by atomic mass is 10.2. The van der Waals surface area contributed by atoms with Crippen LogP contribution in [0.1, 0.15) is 15.9 Å². The van der Waals surface area contributed by atoms with Crippen LogP contribution in [0.15, 0.2) is 40.9 Å². The molecule has 0 saturated carbocycles. The fraction of sp³-hybridized carbons (Fsp3) is 0.0714. The molecule has 2 aromatic rings. The number of hydrogen-bond donors (Lipinski definition) is 1. The van der Waals surface area contributed by atoms with Gasteiger partial charge in [-0.2, -0.15) is 0 Å². The van der Waals surface area contributed by atoms with Crippen LogP contribution >= 0.6 is 15.9 Å². The molecule has 19 heavy (non-hydrogen) atoms. The summed E-state index contributed by atoms with van der Waals surface area (Å²) in [6.45, 7) is 1.75. The van der Waals surface area contributed by atoms with Gasteiger partial charge in [-0.1, -0.05) is 12.1 Å². The monoisotopic (exact) mass is 325 g/mol. The highest BCUT2D eigenvalue weighted by Crippen LogP contribution is 2.22. The minimum absolute atomic E-state index is 0.0556. The average molecular weight is 326 g/mol. The van der Waals surface area contributed by atoms with Gasteiger partial charge in [-0.15, -0.1) is 0 Å². The number of halogens is 3. The molecule has 0 bridgehead atoms. The first-order valence-electron chi connectivity index (χ1n) is 5.50. The van der Waals surface area contributed by atoms with E-state index in [9.17, 15) is 13.6 Å².